The van der Waals surface area contributed by atoms with Crippen molar-refractivity contribution in [1.82, 2.24) is 0 Å². The summed E-state index contributed by atoms with van der Waals surface area (Å²) in [7, 11) is 1.59. The first-order chi connectivity index (χ1) is 9.88. The SMILES string of the molecule is COC(C)(C)CC(=O)Nc1ccc(C)c(C#CCCO)c1. The third-order valence-electron chi connectivity index (χ3n) is 3.12. The number of aryl methyl sites for hydroxylation is 1. The number of aliphatic hydroxyl groups is 1. The molecule has 4 nitrogen and oxygen atoms in total. The van der Waals surface area contributed by atoms with Gasteiger partial charge in [-0.1, -0.05) is 17.9 Å². The van der Waals surface area contributed by atoms with Crippen LogP contribution in [-0.2, 0) is 9.53 Å². The normalized spacial score (nSPS) is 10.7. The lowest BCUT2D eigenvalue weighted by Crippen LogP contribution is -2.29. The molecular weight excluding hydrogens is 266 g/mol. The van der Waals surface area contributed by atoms with Gasteiger partial charge in [-0.3, -0.25) is 4.79 Å². The molecule has 0 bridgehead atoms. The van der Waals surface area contributed by atoms with E-state index in [2.05, 4.69) is 17.2 Å². The fourth-order valence-electron chi connectivity index (χ4n) is 1.71. The molecular formula is C17H23NO3. The van der Waals surface area contributed by atoms with E-state index in [1.54, 1.807) is 7.11 Å². The van der Waals surface area contributed by atoms with E-state index in [1.807, 2.05) is 39.0 Å². The Bertz CT molecular complexity index is 553. The lowest BCUT2D eigenvalue weighted by atomic mass is 10.0. The molecule has 0 atom stereocenters. The molecule has 0 aliphatic heterocycles. The Morgan fingerprint density at radius 1 is 1.43 bits per heavy atom. The largest absolute Gasteiger partial charge is 0.395 e. The highest BCUT2D eigenvalue weighted by atomic mass is 16.5. The summed E-state index contributed by atoms with van der Waals surface area (Å²) in [5, 5.41) is 11.6. The van der Waals surface area contributed by atoms with Gasteiger partial charge in [0.15, 0.2) is 0 Å². The summed E-state index contributed by atoms with van der Waals surface area (Å²) in [4.78, 5) is 12.0. The van der Waals surface area contributed by atoms with E-state index in [4.69, 9.17) is 9.84 Å². The highest BCUT2D eigenvalue weighted by Gasteiger charge is 2.21. The second kappa shape index (κ2) is 7.82. The van der Waals surface area contributed by atoms with E-state index in [0.717, 1.165) is 11.1 Å². The van der Waals surface area contributed by atoms with Gasteiger partial charge in [0.1, 0.15) is 0 Å². The maximum Gasteiger partial charge on any atom is 0.227 e. The van der Waals surface area contributed by atoms with E-state index in [0.29, 0.717) is 12.1 Å². The van der Waals surface area contributed by atoms with E-state index in [9.17, 15) is 4.79 Å². The van der Waals surface area contributed by atoms with E-state index in [1.165, 1.54) is 0 Å². The summed E-state index contributed by atoms with van der Waals surface area (Å²) in [5.41, 5.74) is 2.12. The number of anilines is 1. The predicted octanol–water partition coefficient (Wildman–Crippen LogP) is 2.48. The molecule has 0 spiro atoms. The molecule has 0 saturated heterocycles. The van der Waals surface area contributed by atoms with Crippen LogP contribution < -0.4 is 5.32 Å². The molecule has 0 heterocycles. The Labute approximate surface area is 126 Å². The van der Waals surface area contributed by atoms with Crippen LogP contribution in [0.15, 0.2) is 18.2 Å². The summed E-state index contributed by atoms with van der Waals surface area (Å²) in [5.74, 6) is 5.79. The molecule has 21 heavy (non-hydrogen) atoms. The number of benzene rings is 1. The fraction of sp³-hybridized carbons (Fsp3) is 0.471. The molecule has 1 aromatic rings. The molecule has 0 saturated carbocycles. The number of ether oxygens (including phenoxy) is 1. The average molecular weight is 289 g/mol. The average Bonchev–Trinajstić information content (AvgIpc) is 2.42. The number of carbonyl (C=O) groups excluding carboxylic acids is 1. The highest BCUT2D eigenvalue weighted by molar-refractivity contribution is 5.91. The molecule has 0 fully saturated rings. The van der Waals surface area contributed by atoms with Gasteiger partial charge in [-0.25, -0.2) is 0 Å². The topological polar surface area (TPSA) is 58.6 Å². The van der Waals surface area contributed by atoms with Gasteiger partial charge in [-0.2, -0.15) is 0 Å². The zero-order valence-corrected chi connectivity index (χ0v) is 13.1. The standard InChI is InChI=1S/C17H23NO3/c1-13-8-9-15(11-14(13)7-5-6-10-19)18-16(20)12-17(2,3)21-4/h8-9,11,19H,6,10,12H2,1-4H3,(H,18,20). The van der Waals surface area contributed by atoms with Crippen LogP contribution in [0.1, 0.15) is 37.8 Å². The zero-order chi connectivity index (χ0) is 15.9. The predicted molar refractivity (Wildman–Crippen MR) is 84.1 cm³/mol. The summed E-state index contributed by atoms with van der Waals surface area (Å²) in [6, 6.07) is 5.61. The number of nitrogens with one attached hydrogen (secondary N) is 1. The van der Waals surface area contributed by atoms with Gasteiger partial charge in [0.25, 0.3) is 0 Å². The Kier molecular flexibility index (Phi) is 6.41. The van der Waals surface area contributed by atoms with Gasteiger partial charge in [0.05, 0.1) is 18.6 Å². The number of aliphatic hydroxyl groups excluding tert-OH is 1. The van der Waals surface area contributed by atoms with Crippen LogP contribution in [0.4, 0.5) is 5.69 Å². The Morgan fingerprint density at radius 2 is 2.14 bits per heavy atom. The van der Waals surface area contributed by atoms with E-state index < -0.39 is 5.60 Å². The molecule has 0 aliphatic carbocycles. The minimum Gasteiger partial charge on any atom is -0.395 e. The first-order valence-electron chi connectivity index (χ1n) is 6.93. The van der Waals surface area contributed by atoms with Crippen molar-refractivity contribution in [3.63, 3.8) is 0 Å². The maximum absolute atomic E-state index is 12.0. The quantitative estimate of drug-likeness (QED) is 0.819. The Morgan fingerprint density at radius 3 is 2.76 bits per heavy atom. The van der Waals surface area contributed by atoms with Gasteiger partial charge in [0, 0.05) is 24.8 Å². The van der Waals surface area contributed by atoms with Crippen molar-refractivity contribution in [3.05, 3.63) is 29.3 Å². The van der Waals surface area contributed by atoms with Crippen LogP contribution in [0.3, 0.4) is 0 Å². The van der Waals surface area contributed by atoms with Gasteiger partial charge in [-0.05, 0) is 38.5 Å². The molecule has 0 unspecified atom stereocenters. The minimum absolute atomic E-state index is 0.0502. The van der Waals surface area contributed by atoms with Crippen molar-refractivity contribution in [2.75, 3.05) is 19.0 Å². The monoisotopic (exact) mass is 289 g/mol. The molecule has 1 amide bonds. The van der Waals surface area contributed by atoms with Crippen LogP contribution in [0.25, 0.3) is 0 Å². The van der Waals surface area contributed by atoms with Crippen molar-refractivity contribution in [3.8, 4) is 11.8 Å². The number of amides is 1. The number of hydrogen-bond acceptors (Lipinski definition) is 3. The van der Waals surface area contributed by atoms with Gasteiger partial charge < -0.3 is 15.2 Å². The van der Waals surface area contributed by atoms with Crippen molar-refractivity contribution >= 4 is 11.6 Å². The first kappa shape index (κ1) is 17.2. The van der Waals surface area contributed by atoms with Crippen LogP contribution in [0, 0.1) is 18.8 Å². The van der Waals surface area contributed by atoms with Crippen molar-refractivity contribution in [2.24, 2.45) is 0 Å². The number of hydrogen-bond donors (Lipinski definition) is 2. The molecule has 114 valence electrons. The number of rotatable bonds is 5. The van der Waals surface area contributed by atoms with E-state index >= 15 is 0 Å². The maximum atomic E-state index is 12.0. The lowest BCUT2D eigenvalue weighted by molar-refractivity contribution is -0.121. The van der Waals surface area contributed by atoms with Crippen molar-refractivity contribution in [2.45, 2.75) is 39.2 Å². The van der Waals surface area contributed by atoms with Crippen molar-refractivity contribution < 1.29 is 14.6 Å². The first-order valence-corrected chi connectivity index (χ1v) is 6.93. The minimum atomic E-state index is -0.488. The molecule has 0 radical (unpaired) electrons. The lowest BCUT2D eigenvalue weighted by Gasteiger charge is -2.22. The van der Waals surface area contributed by atoms with Gasteiger partial charge in [0.2, 0.25) is 5.91 Å². The smallest absolute Gasteiger partial charge is 0.227 e. The third-order valence-corrected chi connectivity index (χ3v) is 3.12. The summed E-state index contributed by atoms with van der Waals surface area (Å²) in [6.07, 6.45) is 0.723. The highest BCUT2D eigenvalue weighted by Crippen LogP contribution is 2.17. The third kappa shape index (κ3) is 5.99. The second-order valence-corrected chi connectivity index (χ2v) is 5.49. The molecule has 4 heteroatoms. The number of methoxy groups -OCH3 is 1. The molecule has 0 aliphatic rings. The summed E-state index contributed by atoms with van der Waals surface area (Å²) >= 11 is 0. The second-order valence-electron chi connectivity index (χ2n) is 5.49. The van der Waals surface area contributed by atoms with Crippen LogP contribution in [0.5, 0.6) is 0 Å². The Balaban J connectivity index is 2.79. The fourth-order valence-corrected chi connectivity index (χ4v) is 1.71. The van der Waals surface area contributed by atoms with Crippen molar-refractivity contribution in [1.29, 1.82) is 0 Å². The summed E-state index contributed by atoms with van der Waals surface area (Å²) < 4.78 is 5.25. The van der Waals surface area contributed by atoms with Gasteiger partial charge >= 0.3 is 0 Å². The number of carbonyl (C=O) groups is 1. The molecule has 1 aromatic carbocycles. The van der Waals surface area contributed by atoms with Gasteiger partial charge in [-0.15, -0.1) is 0 Å². The van der Waals surface area contributed by atoms with Crippen LogP contribution in [0.2, 0.25) is 0 Å². The molecule has 1 rings (SSSR count). The Hall–Kier alpha value is -1.83. The van der Waals surface area contributed by atoms with Crippen LogP contribution >= 0.6 is 0 Å². The molecule has 0 aromatic heterocycles. The summed E-state index contributed by atoms with van der Waals surface area (Å²) in [6.45, 7) is 5.75. The molecule has 2 N–H and O–H groups in total. The zero-order valence-electron chi connectivity index (χ0n) is 13.1. The van der Waals surface area contributed by atoms with Crippen LogP contribution in [-0.4, -0.2) is 30.3 Å². The van der Waals surface area contributed by atoms with E-state index in [-0.39, 0.29) is 18.9 Å².